The molecule has 1 aliphatic rings. The van der Waals surface area contributed by atoms with E-state index in [1.807, 2.05) is 20.1 Å². The van der Waals surface area contributed by atoms with Gasteiger partial charge in [0.25, 0.3) is 0 Å². The van der Waals surface area contributed by atoms with Crippen molar-refractivity contribution in [3.8, 4) is 6.07 Å². The number of fused-ring (bicyclic) bond motifs is 1. The van der Waals surface area contributed by atoms with Crippen LogP contribution in [0.25, 0.3) is 5.65 Å². The molecule has 0 aromatic carbocycles. The average molecular weight is 467 g/mol. The van der Waals surface area contributed by atoms with E-state index >= 15 is 0 Å². The van der Waals surface area contributed by atoms with Crippen molar-refractivity contribution in [3.63, 3.8) is 0 Å². The largest absolute Gasteiger partial charge is 0.356 e. The molecule has 9 nitrogen and oxygen atoms in total. The number of nitriles is 1. The van der Waals surface area contributed by atoms with Gasteiger partial charge >= 0.3 is 0 Å². The van der Waals surface area contributed by atoms with Crippen LogP contribution in [0.1, 0.15) is 72.9 Å². The lowest BCUT2D eigenvalue weighted by Crippen LogP contribution is -2.25. The maximum Gasteiger partial charge on any atom is 0.220 e. The monoisotopic (exact) mass is 466 g/mol. The maximum absolute atomic E-state index is 12.5. The van der Waals surface area contributed by atoms with Crippen molar-refractivity contribution in [2.45, 2.75) is 76.4 Å². The van der Waals surface area contributed by atoms with Crippen molar-refractivity contribution in [3.05, 3.63) is 34.5 Å². The molecule has 3 aromatic heterocycles. The summed E-state index contributed by atoms with van der Waals surface area (Å²) in [5, 5.41) is 26.3. The first-order valence-electron chi connectivity index (χ1n) is 11.5. The summed E-state index contributed by atoms with van der Waals surface area (Å²) >= 11 is 1.65. The van der Waals surface area contributed by atoms with Crippen LogP contribution < -0.4 is 5.32 Å². The molecule has 0 radical (unpaired) electrons. The number of thioether (sulfide) groups is 1. The molecule has 1 amide bonds. The first-order valence-corrected chi connectivity index (χ1v) is 12.7. The molecule has 1 fully saturated rings. The Morgan fingerprint density at radius 2 is 2.06 bits per heavy atom. The number of hydrogen-bond donors (Lipinski definition) is 1. The molecule has 1 aliphatic carbocycles. The third-order valence-corrected chi connectivity index (χ3v) is 7.08. The molecule has 10 heteroatoms. The van der Waals surface area contributed by atoms with Gasteiger partial charge in [-0.15, -0.1) is 10.2 Å². The molecule has 174 valence electrons. The van der Waals surface area contributed by atoms with Crippen LogP contribution in [0.3, 0.4) is 0 Å². The summed E-state index contributed by atoms with van der Waals surface area (Å²) in [5.74, 6) is 1.05. The number of rotatable bonds is 9. The summed E-state index contributed by atoms with van der Waals surface area (Å²) in [6, 6.07) is 2.63. The summed E-state index contributed by atoms with van der Waals surface area (Å²) < 4.78 is 4.00. The predicted molar refractivity (Wildman–Crippen MR) is 126 cm³/mol. The van der Waals surface area contributed by atoms with Gasteiger partial charge in [0.15, 0.2) is 10.8 Å². The van der Waals surface area contributed by atoms with E-state index in [0.29, 0.717) is 36.6 Å². The summed E-state index contributed by atoms with van der Waals surface area (Å²) in [6.45, 7) is 4.48. The highest BCUT2D eigenvalue weighted by atomic mass is 32.2. The minimum Gasteiger partial charge on any atom is -0.356 e. The summed E-state index contributed by atoms with van der Waals surface area (Å²) in [7, 11) is 0. The van der Waals surface area contributed by atoms with Crippen LogP contribution in [-0.2, 0) is 17.6 Å². The van der Waals surface area contributed by atoms with Crippen molar-refractivity contribution < 1.29 is 4.79 Å². The van der Waals surface area contributed by atoms with Gasteiger partial charge in [-0.3, -0.25) is 4.79 Å². The van der Waals surface area contributed by atoms with Gasteiger partial charge in [-0.25, -0.2) is 9.50 Å². The number of nitrogens with one attached hydrogen (secondary N) is 1. The van der Waals surface area contributed by atoms with E-state index in [4.69, 9.17) is 0 Å². The van der Waals surface area contributed by atoms with Crippen LogP contribution in [0.5, 0.6) is 0 Å². The molecule has 1 N–H and O–H groups in total. The van der Waals surface area contributed by atoms with Crippen LogP contribution in [-0.4, -0.2) is 48.1 Å². The van der Waals surface area contributed by atoms with Crippen molar-refractivity contribution >= 4 is 23.3 Å². The van der Waals surface area contributed by atoms with Gasteiger partial charge in [0, 0.05) is 36.8 Å². The number of nitrogens with zero attached hydrogens (tertiary/aromatic N) is 7. The third kappa shape index (κ3) is 4.88. The first kappa shape index (κ1) is 23.2. The molecule has 0 aliphatic heterocycles. The Hall–Kier alpha value is -2.93. The first-order chi connectivity index (χ1) is 16.0. The summed E-state index contributed by atoms with van der Waals surface area (Å²) in [4.78, 5) is 17.0. The second-order valence-electron chi connectivity index (χ2n) is 8.53. The lowest BCUT2D eigenvalue weighted by Gasteiger charge is -2.16. The van der Waals surface area contributed by atoms with Crippen molar-refractivity contribution in [1.29, 1.82) is 5.26 Å². The van der Waals surface area contributed by atoms with Gasteiger partial charge in [0.2, 0.25) is 5.91 Å². The molecule has 3 heterocycles. The fourth-order valence-electron chi connectivity index (χ4n) is 4.70. The number of amides is 1. The van der Waals surface area contributed by atoms with Crippen molar-refractivity contribution in [1.82, 2.24) is 34.7 Å². The van der Waals surface area contributed by atoms with Crippen LogP contribution in [0.4, 0.5) is 0 Å². The molecular weight excluding hydrogens is 436 g/mol. The number of carbonyl (C=O) groups excluding carboxylic acids is 1. The zero-order valence-electron chi connectivity index (χ0n) is 19.5. The molecule has 1 saturated carbocycles. The molecule has 4 rings (SSSR count). The summed E-state index contributed by atoms with van der Waals surface area (Å²) in [5.41, 5.74) is 3.78. The van der Waals surface area contributed by atoms with Gasteiger partial charge in [-0.2, -0.15) is 10.4 Å². The SMILES string of the molecule is CSc1nnc(CCCNC(=O)CCc2c(C)nc3c(C#N)cnn3c2C)n1C1CCCC1. The van der Waals surface area contributed by atoms with Crippen molar-refractivity contribution in [2.24, 2.45) is 0 Å². The van der Waals surface area contributed by atoms with Crippen molar-refractivity contribution in [2.75, 3.05) is 12.8 Å². The van der Waals surface area contributed by atoms with Crippen LogP contribution in [0.2, 0.25) is 0 Å². The smallest absolute Gasteiger partial charge is 0.220 e. The Bertz CT molecular complexity index is 1190. The lowest BCUT2D eigenvalue weighted by molar-refractivity contribution is -0.121. The fourth-order valence-corrected chi connectivity index (χ4v) is 5.27. The minimum atomic E-state index is 0.0224. The zero-order chi connectivity index (χ0) is 23.4. The van der Waals surface area contributed by atoms with E-state index in [2.05, 4.69) is 36.2 Å². The lowest BCUT2D eigenvalue weighted by atomic mass is 10.1. The van der Waals surface area contributed by atoms with E-state index in [-0.39, 0.29) is 5.91 Å². The Labute approximate surface area is 198 Å². The number of carbonyl (C=O) groups is 1. The molecular formula is C23H30N8OS. The topological polar surface area (TPSA) is 114 Å². The maximum atomic E-state index is 12.5. The van der Waals surface area contributed by atoms with Gasteiger partial charge in [0.1, 0.15) is 17.5 Å². The van der Waals surface area contributed by atoms with E-state index in [1.165, 1.54) is 31.9 Å². The van der Waals surface area contributed by atoms with E-state index in [9.17, 15) is 10.1 Å². The quantitative estimate of drug-likeness (QED) is 0.380. The highest BCUT2D eigenvalue weighted by Crippen LogP contribution is 2.33. The van der Waals surface area contributed by atoms with Crippen LogP contribution in [0.15, 0.2) is 11.4 Å². The Kier molecular flexibility index (Phi) is 7.28. The van der Waals surface area contributed by atoms with Crippen LogP contribution >= 0.6 is 11.8 Å². The van der Waals surface area contributed by atoms with E-state index in [0.717, 1.165) is 40.8 Å². The standard InChI is InChI=1S/C23H30N8OS/c1-15-19(16(2)31-22(27-15)17(13-24)14-26-31)10-11-21(32)25-12-6-9-20-28-29-23(33-3)30(20)18-7-4-5-8-18/h14,18H,4-12H2,1-3H3,(H,25,32). The van der Waals surface area contributed by atoms with Gasteiger partial charge < -0.3 is 9.88 Å². The van der Waals surface area contributed by atoms with E-state index in [1.54, 1.807) is 16.3 Å². The Balaban J connectivity index is 1.29. The highest BCUT2D eigenvalue weighted by Gasteiger charge is 2.23. The predicted octanol–water partition coefficient (Wildman–Crippen LogP) is 3.33. The molecule has 3 aromatic rings. The molecule has 0 unspecified atom stereocenters. The normalized spacial score (nSPS) is 14.1. The minimum absolute atomic E-state index is 0.0224. The van der Waals surface area contributed by atoms with Gasteiger partial charge in [0.05, 0.1) is 6.20 Å². The second-order valence-corrected chi connectivity index (χ2v) is 9.30. The molecule has 0 atom stereocenters. The highest BCUT2D eigenvalue weighted by molar-refractivity contribution is 7.98. The molecule has 0 saturated heterocycles. The number of aryl methyl sites for hydroxylation is 3. The third-order valence-electron chi connectivity index (χ3n) is 6.44. The summed E-state index contributed by atoms with van der Waals surface area (Å²) in [6.07, 6.45) is 11.1. The average Bonchev–Trinajstić information content (AvgIpc) is 3.55. The van der Waals surface area contributed by atoms with Crippen LogP contribution in [0, 0.1) is 25.2 Å². The molecule has 0 spiro atoms. The Morgan fingerprint density at radius 1 is 1.27 bits per heavy atom. The molecule has 0 bridgehead atoms. The van der Waals surface area contributed by atoms with E-state index < -0.39 is 0 Å². The van der Waals surface area contributed by atoms with Gasteiger partial charge in [-0.05, 0) is 51.3 Å². The Morgan fingerprint density at radius 3 is 2.79 bits per heavy atom. The number of hydrogen-bond acceptors (Lipinski definition) is 7. The fraction of sp³-hybridized carbons (Fsp3) is 0.565. The second kappa shape index (κ2) is 10.3. The molecule has 33 heavy (non-hydrogen) atoms. The number of aromatic nitrogens is 6. The van der Waals surface area contributed by atoms with Gasteiger partial charge in [-0.1, -0.05) is 24.6 Å². The zero-order valence-corrected chi connectivity index (χ0v) is 20.3.